The Bertz CT molecular complexity index is 697. The highest BCUT2D eigenvalue weighted by molar-refractivity contribution is 7.10. The lowest BCUT2D eigenvalue weighted by atomic mass is 10.1. The molecule has 21 heavy (non-hydrogen) atoms. The summed E-state index contributed by atoms with van der Waals surface area (Å²) in [6.45, 7) is 2.39. The predicted molar refractivity (Wildman–Crippen MR) is 81.9 cm³/mol. The lowest BCUT2D eigenvalue weighted by Gasteiger charge is -2.21. The third-order valence-electron chi connectivity index (χ3n) is 3.81. The molecule has 2 heterocycles. The van der Waals surface area contributed by atoms with Crippen molar-refractivity contribution in [2.24, 2.45) is 0 Å². The molecule has 0 fully saturated rings. The number of anilines is 1. The Morgan fingerprint density at radius 1 is 1.38 bits per heavy atom. The molecule has 6 heteroatoms. The van der Waals surface area contributed by atoms with Crippen LogP contribution in [0.4, 0.5) is 11.4 Å². The highest BCUT2D eigenvalue weighted by Crippen LogP contribution is 2.36. The predicted octanol–water partition coefficient (Wildman–Crippen LogP) is 3.35. The van der Waals surface area contributed by atoms with Gasteiger partial charge in [0, 0.05) is 17.5 Å². The highest BCUT2D eigenvalue weighted by atomic mass is 32.1. The van der Waals surface area contributed by atoms with Crippen molar-refractivity contribution >= 4 is 28.6 Å². The largest absolute Gasteiger partial charge is 0.311 e. The summed E-state index contributed by atoms with van der Waals surface area (Å²) in [4.78, 5) is 26.0. The van der Waals surface area contributed by atoms with Crippen LogP contribution in [0.25, 0.3) is 0 Å². The number of nitrogens with zero attached hydrogens (tertiary/aromatic N) is 2. The molecule has 3 rings (SSSR count). The smallest absolute Gasteiger partial charge is 0.274 e. The number of nitro benzene ring substituents is 1. The van der Waals surface area contributed by atoms with E-state index in [1.165, 1.54) is 6.07 Å². The van der Waals surface area contributed by atoms with E-state index in [1.54, 1.807) is 28.4 Å². The van der Waals surface area contributed by atoms with Crippen LogP contribution in [0.1, 0.15) is 23.3 Å². The van der Waals surface area contributed by atoms with E-state index in [9.17, 15) is 14.9 Å². The molecule has 1 aliphatic heterocycles. The highest BCUT2D eigenvalue weighted by Gasteiger charge is 2.32. The monoisotopic (exact) mass is 302 g/mol. The zero-order chi connectivity index (χ0) is 15.0. The molecule has 0 unspecified atom stereocenters. The Balaban J connectivity index is 1.93. The van der Waals surface area contributed by atoms with Crippen LogP contribution >= 0.6 is 11.3 Å². The van der Waals surface area contributed by atoms with Crippen LogP contribution in [0.15, 0.2) is 35.7 Å². The lowest BCUT2D eigenvalue weighted by molar-refractivity contribution is -0.385. The van der Waals surface area contributed by atoms with E-state index in [-0.39, 0.29) is 22.4 Å². The van der Waals surface area contributed by atoms with Crippen LogP contribution in [-0.4, -0.2) is 17.4 Å². The fourth-order valence-corrected chi connectivity index (χ4v) is 3.49. The molecule has 0 N–H and O–H groups in total. The van der Waals surface area contributed by atoms with E-state index in [1.807, 2.05) is 24.4 Å². The maximum absolute atomic E-state index is 12.7. The Morgan fingerprint density at radius 3 is 2.86 bits per heavy atom. The molecular weight excluding hydrogens is 288 g/mol. The van der Waals surface area contributed by atoms with Crippen LogP contribution < -0.4 is 4.90 Å². The first kappa shape index (κ1) is 13.8. The van der Waals surface area contributed by atoms with Crippen molar-refractivity contribution in [1.29, 1.82) is 0 Å². The van der Waals surface area contributed by atoms with Crippen molar-refractivity contribution in [2.75, 3.05) is 11.4 Å². The van der Waals surface area contributed by atoms with Gasteiger partial charge in [-0.1, -0.05) is 12.1 Å². The molecule has 0 bridgehead atoms. The van der Waals surface area contributed by atoms with Gasteiger partial charge in [0.2, 0.25) is 5.91 Å². The van der Waals surface area contributed by atoms with Crippen molar-refractivity contribution in [3.63, 3.8) is 0 Å². The number of rotatable bonds is 3. The minimum Gasteiger partial charge on any atom is -0.311 e. The quantitative estimate of drug-likeness (QED) is 0.645. The Labute approximate surface area is 126 Å². The first-order chi connectivity index (χ1) is 10.1. The normalized spacial score (nSPS) is 14.8. The maximum Gasteiger partial charge on any atom is 0.274 e. The molecule has 1 aromatic heterocycles. The van der Waals surface area contributed by atoms with Crippen molar-refractivity contribution in [1.82, 2.24) is 0 Å². The summed E-state index contributed by atoms with van der Waals surface area (Å²) in [5.41, 5.74) is 1.44. The van der Waals surface area contributed by atoms with Gasteiger partial charge in [0.1, 0.15) is 0 Å². The van der Waals surface area contributed by atoms with Gasteiger partial charge in [0.05, 0.1) is 22.1 Å². The summed E-state index contributed by atoms with van der Waals surface area (Å²) >= 11 is 1.55. The molecule has 1 amide bonds. The molecular formula is C15H14N2O3S. The van der Waals surface area contributed by atoms with E-state index < -0.39 is 0 Å². The molecule has 5 nitrogen and oxygen atoms in total. The second-order valence-electron chi connectivity index (χ2n) is 5.01. The number of hydrogen-bond donors (Lipinski definition) is 0. The summed E-state index contributed by atoms with van der Waals surface area (Å²) < 4.78 is 0. The molecule has 0 spiro atoms. The van der Waals surface area contributed by atoms with E-state index in [0.717, 1.165) is 4.88 Å². The zero-order valence-electron chi connectivity index (χ0n) is 11.5. The second-order valence-corrected chi connectivity index (χ2v) is 5.99. The third kappa shape index (κ3) is 2.31. The molecule has 0 saturated carbocycles. The molecule has 1 aromatic carbocycles. The lowest BCUT2D eigenvalue weighted by Crippen LogP contribution is -2.32. The third-order valence-corrected chi connectivity index (χ3v) is 4.86. The van der Waals surface area contributed by atoms with Crippen molar-refractivity contribution in [3.05, 3.63) is 56.3 Å². The average molecular weight is 302 g/mol. The number of hydrogen-bond acceptors (Lipinski definition) is 4. The standard InChI is InChI=1S/C15H14N2O3S/c1-10(14-6-3-9-21-14)15(18)16-8-7-11-12(16)4-2-5-13(11)17(19)20/h2-6,9-10H,7-8H2,1H3/t10-/m0/s1. The number of carbonyl (C=O) groups is 1. The van der Waals surface area contributed by atoms with Gasteiger partial charge in [0.15, 0.2) is 0 Å². The maximum atomic E-state index is 12.7. The van der Waals surface area contributed by atoms with Crippen LogP contribution in [0.5, 0.6) is 0 Å². The Morgan fingerprint density at radius 2 is 2.19 bits per heavy atom. The van der Waals surface area contributed by atoms with Crippen LogP contribution in [0, 0.1) is 10.1 Å². The molecule has 1 atom stereocenters. The molecule has 1 aliphatic rings. The SMILES string of the molecule is C[C@H](C(=O)N1CCc2c1cccc2[N+](=O)[O-])c1cccs1. The first-order valence-corrected chi connectivity index (χ1v) is 7.58. The minimum absolute atomic E-state index is 0.00306. The van der Waals surface area contributed by atoms with Crippen LogP contribution in [0.3, 0.4) is 0 Å². The summed E-state index contributed by atoms with van der Waals surface area (Å²) in [7, 11) is 0. The Kier molecular flexibility index (Phi) is 3.47. The van der Waals surface area contributed by atoms with Crippen molar-refractivity contribution in [2.45, 2.75) is 19.3 Å². The molecule has 0 saturated heterocycles. The van der Waals surface area contributed by atoms with Gasteiger partial charge in [-0.3, -0.25) is 14.9 Å². The molecule has 2 aromatic rings. The number of thiophene rings is 1. The topological polar surface area (TPSA) is 63.5 Å². The molecule has 108 valence electrons. The summed E-state index contributed by atoms with van der Waals surface area (Å²) in [5.74, 6) is -0.230. The van der Waals surface area contributed by atoms with Gasteiger partial charge in [-0.25, -0.2) is 0 Å². The van der Waals surface area contributed by atoms with Gasteiger partial charge in [-0.2, -0.15) is 0 Å². The van der Waals surface area contributed by atoms with E-state index >= 15 is 0 Å². The fraction of sp³-hybridized carbons (Fsp3) is 0.267. The number of amides is 1. The van der Waals surface area contributed by atoms with Crippen LogP contribution in [-0.2, 0) is 11.2 Å². The minimum atomic E-state index is -0.379. The number of fused-ring (bicyclic) bond motifs is 1. The second kappa shape index (κ2) is 5.29. The zero-order valence-corrected chi connectivity index (χ0v) is 12.3. The molecule has 0 aliphatic carbocycles. The number of carbonyl (C=O) groups excluding carboxylic acids is 1. The van der Waals surface area contributed by atoms with E-state index in [0.29, 0.717) is 24.2 Å². The van der Waals surface area contributed by atoms with Crippen LogP contribution in [0.2, 0.25) is 0 Å². The summed E-state index contributed by atoms with van der Waals surface area (Å²) in [5, 5.41) is 13.0. The van der Waals surface area contributed by atoms with Gasteiger partial charge in [-0.15, -0.1) is 11.3 Å². The Hall–Kier alpha value is -2.21. The van der Waals surface area contributed by atoms with Gasteiger partial charge in [0.25, 0.3) is 5.69 Å². The number of nitro groups is 1. The summed E-state index contributed by atoms with van der Waals surface area (Å²) in [6, 6.07) is 8.78. The van der Waals surface area contributed by atoms with Gasteiger partial charge >= 0.3 is 0 Å². The first-order valence-electron chi connectivity index (χ1n) is 6.70. The molecule has 0 radical (unpaired) electrons. The van der Waals surface area contributed by atoms with Gasteiger partial charge < -0.3 is 4.90 Å². The summed E-state index contributed by atoms with van der Waals surface area (Å²) in [6.07, 6.45) is 0.537. The fourth-order valence-electron chi connectivity index (χ4n) is 2.71. The number of benzene rings is 1. The van der Waals surface area contributed by atoms with Crippen molar-refractivity contribution < 1.29 is 9.72 Å². The van der Waals surface area contributed by atoms with Crippen molar-refractivity contribution in [3.8, 4) is 0 Å². The van der Waals surface area contributed by atoms with Gasteiger partial charge in [-0.05, 0) is 30.9 Å². The van der Waals surface area contributed by atoms with E-state index in [4.69, 9.17) is 0 Å². The van der Waals surface area contributed by atoms with E-state index in [2.05, 4.69) is 0 Å². The average Bonchev–Trinajstić information content (AvgIpc) is 3.14.